The van der Waals surface area contributed by atoms with E-state index >= 15 is 0 Å². The zero-order chi connectivity index (χ0) is 19.5. The molecule has 26 heavy (non-hydrogen) atoms. The number of hydrogen-bond donors (Lipinski definition) is 1. The molecule has 0 saturated carbocycles. The highest BCUT2D eigenvalue weighted by molar-refractivity contribution is 6.04. The van der Waals surface area contributed by atoms with Crippen molar-refractivity contribution in [2.75, 3.05) is 0 Å². The first-order valence-electron chi connectivity index (χ1n) is 8.48. The van der Waals surface area contributed by atoms with Gasteiger partial charge in [0.1, 0.15) is 5.54 Å². The fourth-order valence-corrected chi connectivity index (χ4v) is 2.41. The molecule has 0 unspecified atom stereocenters. The number of nitrogens with one attached hydrogen (secondary N) is 1. The summed E-state index contributed by atoms with van der Waals surface area (Å²) in [7, 11) is 0. The number of esters is 1. The molecular formula is C20H23N3O3. The van der Waals surface area contributed by atoms with Gasteiger partial charge in [-0.2, -0.15) is 5.26 Å². The maximum atomic E-state index is 12.6. The maximum Gasteiger partial charge on any atom is 0.339 e. The van der Waals surface area contributed by atoms with Gasteiger partial charge >= 0.3 is 5.97 Å². The average Bonchev–Trinajstić information content (AvgIpc) is 2.60. The number of nitriles is 1. The molecule has 0 saturated heterocycles. The van der Waals surface area contributed by atoms with Crippen LogP contribution in [0, 0.1) is 24.2 Å². The second-order valence-corrected chi connectivity index (χ2v) is 6.83. The minimum absolute atomic E-state index is 0.0915. The van der Waals surface area contributed by atoms with Crippen molar-refractivity contribution < 1.29 is 14.3 Å². The Balaban J connectivity index is 2.20. The molecule has 0 aliphatic rings. The van der Waals surface area contributed by atoms with Crippen molar-refractivity contribution in [3.63, 3.8) is 0 Å². The molecule has 2 rings (SSSR count). The SMILES string of the molecule is Cc1cc(C(=O)O[C@@H](C)C(=O)N[C@](C)(C#N)C(C)C)c2ccccc2n1. The number of rotatable bonds is 5. The average molecular weight is 353 g/mol. The molecule has 1 aromatic heterocycles. The topological polar surface area (TPSA) is 92.1 Å². The van der Waals surface area contributed by atoms with Gasteiger partial charge in [-0.3, -0.25) is 9.78 Å². The van der Waals surface area contributed by atoms with Gasteiger partial charge in [-0.15, -0.1) is 0 Å². The first kappa shape index (κ1) is 19.4. The van der Waals surface area contributed by atoms with Gasteiger partial charge < -0.3 is 10.1 Å². The van der Waals surface area contributed by atoms with E-state index in [4.69, 9.17) is 4.74 Å². The number of hydrogen-bond acceptors (Lipinski definition) is 5. The smallest absolute Gasteiger partial charge is 0.339 e. The number of carbonyl (C=O) groups is 2. The Morgan fingerprint density at radius 3 is 2.54 bits per heavy atom. The molecule has 1 amide bonds. The lowest BCUT2D eigenvalue weighted by molar-refractivity contribution is -0.130. The van der Waals surface area contributed by atoms with Gasteiger partial charge in [0.25, 0.3) is 5.91 Å². The first-order valence-corrected chi connectivity index (χ1v) is 8.48. The van der Waals surface area contributed by atoms with Crippen LogP contribution < -0.4 is 5.32 Å². The fourth-order valence-electron chi connectivity index (χ4n) is 2.41. The lowest BCUT2D eigenvalue weighted by Crippen LogP contribution is -2.52. The summed E-state index contributed by atoms with van der Waals surface area (Å²) in [6.07, 6.45) is -1.03. The number of pyridine rings is 1. The minimum atomic E-state index is -1.03. The number of carbonyl (C=O) groups excluding carboxylic acids is 2. The van der Waals surface area contributed by atoms with Crippen molar-refractivity contribution >= 4 is 22.8 Å². The van der Waals surface area contributed by atoms with Crippen LogP contribution in [0.5, 0.6) is 0 Å². The molecule has 1 aromatic carbocycles. The zero-order valence-corrected chi connectivity index (χ0v) is 15.7. The third-order valence-electron chi connectivity index (χ3n) is 4.49. The van der Waals surface area contributed by atoms with Crippen molar-refractivity contribution in [1.82, 2.24) is 10.3 Å². The van der Waals surface area contributed by atoms with Crippen molar-refractivity contribution in [1.29, 1.82) is 5.26 Å². The van der Waals surface area contributed by atoms with Crippen molar-refractivity contribution in [2.24, 2.45) is 5.92 Å². The molecule has 0 aliphatic carbocycles. The second-order valence-electron chi connectivity index (χ2n) is 6.83. The number of aromatic nitrogens is 1. The summed E-state index contributed by atoms with van der Waals surface area (Å²) in [6, 6.07) is 11.0. The fraction of sp³-hybridized carbons (Fsp3) is 0.400. The van der Waals surface area contributed by atoms with E-state index in [1.165, 1.54) is 6.92 Å². The van der Waals surface area contributed by atoms with E-state index in [1.807, 2.05) is 32.0 Å². The third-order valence-corrected chi connectivity index (χ3v) is 4.49. The van der Waals surface area contributed by atoms with Gasteiger partial charge in [0.15, 0.2) is 6.10 Å². The van der Waals surface area contributed by atoms with Crippen LogP contribution in [0.25, 0.3) is 10.9 Å². The van der Waals surface area contributed by atoms with E-state index in [-0.39, 0.29) is 5.92 Å². The van der Waals surface area contributed by atoms with Crippen LogP contribution in [0.15, 0.2) is 30.3 Å². The quantitative estimate of drug-likeness (QED) is 0.834. The van der Waals surface area contributed by atoms with Gasteiger partial charge in [-0.05, 0) is 38.8 Å². The van der Waals surface area contributed by atoms with E-state index < -0.39 is 23.5 Å². The summed E-state index contributed by atoms with van der Waals surface area (Å²) in [5.41, 5.74) is 0.704. The molecule has 0 fully saturated rings. The molecule has 2 atom stereocenters. The minimum Gasteiger partial charge on any atom is -0.449 e. The van der Waals surface area contributed by atoms with Crippen LogP contribution in [0.1, 0.15) is 43.7 Å². The summed E-state index contributed by atoms with van der Waals surface area (Å²) in [5, 5.41) is 12.6. The molecule has 0 spiro atoms. The van der Waals surface area contributed by atoms with Crippen LogP contribution in [0.4, 0.5) is 0 Å². The number of fused-ring (bicyclic) bond motifs is 1. The lowest BCUT2D eigenvalue weighted by Gasteiger charge is -2.28. The highest BCUT2D eigenvalue weighted by atomic mass is 16.5. The Morgan fingerprint density at radius 1 is 1.27 bits per heavy atom. The van der Waals surface area contributed by atoms with Gasteiger partial charge in [0.05, 0.1) is 17.1 Å². The normalized spacial score (nSPS) is 14.3. The number of ether oxygens (including phenoxy) is 1. The Morgan fingerprint density at radius 2 is 1.92 bits per heavy atom. The zero-order valence-electron chi connectivity index (χ0n) is 15.7. The molecule has 0 aliphatic heterocycles. The van der Waals surface area contributed by atoms with Gasteiger partial charge in [-0.1, -0.05) is 32.0 Å². The molecule has 6 nitrogen and oxygen atoms in total. The molecule has 6 heteroatoms. The molecule has 136 valence electrons. The number of aryl methyl sites for hydroxylation is 1. The highest BCUT2D eigenvalue weighted by Gasteiger charge is 2.32. The lowest BCUT2D eigenvalue weighted by atomic mass is 9.90. The van der Waals surface area contributed by atoms with Crippen molar-refractivity contribution in [3.05, 3.63) is 41.6 Å². The first-order chi connectivity index (χ1) is 12.2. The highest BCUT2D eigenvalue weighted by Crippen LogP contribution is 2.20. The summed E-state index contributed by atoms with van der Waals surface area (Å²) < 4.78 is 5.34. The Kier molecular flexibility index (Phi) is 5.61. The summed E-state index contributed by atoms with van der Waals surface area (Å²) in [4.78, 5) is 29.4. The predicted molar refractivity (Wildman–Crippen MR) is 98.4 cm³/mol. The van der Waals surface area contributed by atoms with Crippen LogP contribution in [-0.2, 0) is 9.53 Å². The van der Waals surface area contributed by atoms with E-state index in [0.717, 1.165) is 0 Å². The van der Waals surface area contributed by atoms with Gasteiger partial charge in [-0.25, -0.2) is 4.79 Å². The van der Waals surface area contributed by atoms with E-state index in [0.29, 0.717) is 22.2 Å². The van der Waals surface area contributed by atoms with Crippen LogP contribution in [-0.4, -0.2) is 28.5 Å². The van der Waals surface area contributed by atoms with Gasteiger partial charge in [0.2, 0.25) is 0 Å². The molecule has 2 aromatic rings. The number of nitrogens with zero attached hydrogens (tertiary/aromatic N) is 2. The van der Waals surface area contributed by atoms with E-state index in [2.05, 4.69) is 16.4 Å². The number of benzene rings is 1. The van der Waals surface area contributed by atoms with E-state index in [1.54, 1.807) is 26.0 Å². The molecule has 0 bridgehead atoms. The predicted octanol–water partition coefficient (Wildman–Crippen LogP) is 3.14. The Labute approximate surface area is 153 Å². The summed E-state index contributed by atoms with van der Waals surface area (Å²) in [5.74, 6) is -1.20. The molecule has 1 N–H and O–H groups in total. The second kappa shape index (κ2) is 7.52. The van der Waals surface area contributed by atoms with Gasteiger partial charge in [0, 0.05) is 11.1 Å². The maximum absolute atomic E-state index is 12.6. The molecule has 1 heterocycles. The largest absolute Gasteiger partial charge is 0.449 e. The number of para-hydroxylation sites is 1. The summed E-state index contributed by atoms with van der Waals surface area (Å²) >= 11 is 0. The van der Waals surface area contributed by atoms with Crippen LogP contribution in [0.2, 0.25) is 0 Å². The Bertz CT molecular complexity index is 885. The molecular weight excluding hydrogens is 330 g/mol. The van der Waals surface area contributed by atoms with Crippen molar-refractivity contribution in [2.45, 2.75) is 46.3 Å². The van der Waals surface area contributed by atoms with Crippen LogP contribution >= 0.6 is 0 Å². The summed E-state index contributed by atoms with van der Waals surface area (Å²) in [6.45, 7) is 8.60. The molecule has 0 radical (unpaired) electrons. The van der Waals surface area contributed by atoms with Crippen LogP contribution in [0.3, 0.4) is 0 Å². The van der Waals surface area contributed by atoms with Crippen molar-refractivity contribution in [3.8, 4) is 6.07 Å². The standard InChI is InChI=1S/C20H23N3O3/c1-12(2)20(5,11-21)23-18(24)14(4)26-19(25)16-10-13(3)22-17-9-7-6-8-15(16)17/h6-10,12,14H,1-5H3,(H,23,24)/t14-,20+/m0/s1. The Hall–Kier alpha value is -2.94. The monoisotopic (exact) mass is 353 g/mol. The third kappa shape index (κ3) is 3.99. The number of amides is 1. The van der Waals surface area contributed by atoms with E-state index in [9.17, 15) is 14.9 Å².